The van der Waals surface area contributed by atoms with Crippen molar-refractivity contribution in [3.8, 4) is 50.6 Å². The maximum absolute atomic E-state index is 5.46. The molecule has 0 amide bonds. The summed E-state index contributed by atoms with van der Waals surface area (Å²) in [5, 5.41) is 6.34. The number of hydrogen-bond donors (Lipinski definition) is 0. The molecule has 65 heavy (non-hydrogen) atoms. The van der Waals surface area contributed by atoms with Crippen molar-refractivity contribution in [3.05, 3.63) is 206 Å². The minimum atomic E-state index is -1.34. The van der Waals surface area contributed by atoms with Gasteiger partial charge in [0, 0.05) is 47.6 Å². The summed E-state index contributed by atoms with van der Waals surface area (Å²) in [6, 6.07) is 71.2. The van der Waals surface area contributed by atoms with Gasteiger partial charge in [-0.1, -0.05) is 171 Å². The van der Waals surface area contributed by atoms with Crippen LogP contribution in [0.1, 0.15) is 19.4 Å². The molecule has 0 aliphatic carbocycles. The Bertz CT molecular complexity index is 3420. The first kappa shape index (κ1) is 44.0. The first-order valence-corrected chi connectivity index (χ1v) is 26.5. The Morgan fingerprint density at radius 2 is 1.34 bits per heavy atom. The average Bonchev–Trinajstić information content (AvgIpc) is 3.91. The van der Waals surface area contributed by atoms with E-state index in [1.165, 1.54) is 47.4 Å². The fourth-order valence-corrected chi connectivity index (χ4v) is 11.7. The summed E-state index contributed by atoms with van der Waals surface area (Å²) in [5.74, 6) is 1.57. The normalized spacial score (nSPS) is 11.5. The fraction of sp³-hybridized carbons (Fsp3) is 0.119. The largest absolute Gasteiger partial charge is 0.333 e. The van der Waals surface area contributed by atoms with E-state index in [2.05, 4.69) is 225 Å². The fourth-order valence-electron chi connectivity index (χ4n) is 8.95. The SMILES string of the molecule is CC(C)Cc1cc(-c2[c-]cccc2)ncc1[Si](C)(C)C.[Ir].[c-]1ccc2c(sc3ccccc32)c1-c1nc2c3ccccc3ccc2n1-c1ccc(-c2ccccc2)cc1-c1ccccc1. The van der Waals surface area contributed by atoms with E-state index in [1.54, 1.807) is 0 Å². The van der Waals surface area contributed by atoms with Gasteiger partial charge in [-0.25, -0.2) is 0 Å². The van der Waals surface area contributed by atoms with Crippen LogP contribution in [0.2, 0.25) is 19.6 Å². The van der Waals surface area contributed by atoms with E-state index in [0.29, 0.717) is 5.92 Å². The predicted octanol–water partition coefficient (Wildman–Crippen LogP) is 15.6. The number of aromatic nitrogens is 3. The van der Waals surface area contributed by atoms with Gasteiger partial charge < -0.3 is 9.55 Å². The van der Waals surface area contributed by atoms with E-state index >= 15 is 0 Å². The number of benzene rings is 8. The first-order chi connectivity index (χ1) is 31.2. The van der Waals surface area contributed by atoms with Crippen LogP contribution in [0, 0.1) is 18.1 Å². The molecule has 0 bridgehead atoms. The van der Waals surface area contributed by atoms with Gasteiger partial charge >= 0.3 is 0 Å². The molecule has 8 aromatic carbocycles. The summed E-state index contributed by atoms with van der Waals surface area (Å²) in [4.78, 5) is 10.1. The molecule has 3 heterocycles. The minimum Gasteiger partial charge on any atom is -0.333 e. The van der Waals surface area contributed by atoms with Crippen LogP contribution in [0.25, 0.3) is 92.6 Å². The third-order valence-corrected chi connectivity index (χ3v) is 15.2. The van der Waals surface area contributed by atoms with Gasteiger partial charge in [-0.2, -0.15) is 11.3 Å². The molecule has 3 aromatic heterocycles. The Balaban J connectivity index is 0.000000215. The zero-order chi connectivity index (χ0) is 43.8. The van der Waals surface area contributed by atoms with Gasteiger partial charge in [0.05, 0.1) is 24.9 Å². The van der Waals surface area contributed by atoms with Crippen LogP contribution in [0.15, 0.2) is 188 Å². The number of pyridine rings is 1. The van der Waals surface area contributed by atoms with Crippen molar-refractivity contribution in [2.75, 3.05) is 0 Å². The van der Waals surface area contributed by atoms with E-state index in [9.17, 15) is 0 Å². The molecule has 0 atom stereocenters. The minimum absolute atomic E-state index is 0. The third kappa shape index (κ3) is 8.80. The van der Waals surface area contributed by atoms with Crippen molar-refractivity contribution in [1.29, 1.82) is 0 Å². The molecule has 0 unspecified atom stereocenters. The van der Waals surface area contributed by atoms with E-state index in [1.807, 2.05) is 29.5 Å². The Labute approximate surface area is 400 Å². The average molecular weight is 1050 g/mol. The van der Waals surface area contributed by atoms with Crippen molar-refractivity contribution in [2.24, 2.45) is 5.92 Å². The summed E-state index contributed by atoms with van der Waals surface area (Å²) in [6.07, 6.45) is 3.24. The zero-order valence-electron chi connectivity index (χ0n) is 37.3. The Morgan fingerprint density at radius 3 is 2.08 bits per heavy atom. The Morgan fingerprint density at radius 1 is 0.631 bits per heavy atom. The van der Waals surface area contributed by atoms with Gasteiger partial charge in [-0.15, -0.1) is 54.1 Å². The third-order valence-electron chi connectivity index (χ3n) is 12.0. The molecule has 0 spiro atoms. The van der Waals surface area contributed by atoms with Crippen LogP contribution < -0.4 is 5.19 Å². The van der Waals surface area contributed by atoms with Crippen molar-refractivity contribution in [2.45, 2.75) is 39.9 Å². The molecule has 1 radical (unpaired) electrons. The second kappa shape index (κ2) is 18.7. The predicted molar refractivity (Wildman–Crippen MR) is 277 cm³/mol. The van der Waals surface area contributed by atoms with Crippen LogP contribution >= 0.6 is 11.3 Å². The van der Waals surface area contributed by atoms with Gasteiger partial charge in [0.2, 0.25) is 0 Å². The van der Waals surface area contributed by atoms with Crippen molar-refractivity contribution in [3.63, 3.8) is 0 Å². The summed E-state index contributed by atoms with van der Waals surface area (Å²) < 4.78 is 4.83. The molecular weight excluding hydrogens is 1000 g/mol. The second-order valence-corrected chi connectivity index (χ2v) is 24.0. The standard InChI is InChI=1S/C41H25N2S.C18H24NSi.Ir/c1-3-12-27(13-4-1)30-23-24-36(35(26-30)28-14-5-2-6-15-28)43-37-25-22-29-16-7-8-17-31(29)39(37)42-41(43)34-20-11-19-33-32-18-9-10-21-38(32)44-40(33)34;1-14(2)11-16-12-17(15-9-7-6-8-10-15)19-13-18(16)20(3,4)5;/h1-19,21-26H;6-9,12-14H,11H2,1-5H3;/q2*-1;. The van der Waals surface area contributed by atoms with Crippen LogP contribution in [-0.2, 0) is 26.5 Å². The molecular formula is C59H49IrN3SSi-2. The molecule has 11 rings (SSSR count). The topological polar surface area (TPSA) is 30.7 Å². The molecule has 11 aromatic rings. The Kier molecular flexibility index (Phi) is 12.6. The van der Waals surface area contributed by atoms with Crippen molar-refractivity contribution >= 4 is 66.6 Å². The van der Waals surface area contributed by atoms with Gasteiger partial charge in [0.1, 0.15) is 0 Å². The molecule has 0 fully saturated rings. The van der Waals surface area contributed by atoms with E-state index in [-0.39, 0.29) is 20.1 Å². The van der Waals surface area contributed by atoms with Gasteiger partial charge in [0.25, 0.3) is 0 Å². The molecule has 0 aliphatic rings. The van der Waals surface area contributed by atoms with Gasteiger partial charge in [-0.05, 0) is 79.6 Å². The van der Waals surface area contributed by atoms with Gasteiger partial charge in [0.15, 0.2) is 0 Å². The van der Waals surface area contributed by atoms with E-state index in [0.717, 1.165) is 62.3 Å². The molecule has 0 saturated carbocycles. The van der Waals surface area contributed by atoms with Crippen LogP contribution in [-0.4, -0.2) is 22.6 Å². The van der Waals surface area contributed by atoms with Crippen LogP contribution in [0.4, 0.5) is 0 Å². The number of rotatable bonds is 8. The summed E-state index contributed by atoms with van der Waals surface area (Å²) in [6.45, 7) is 11.7. The number of fused-ring (bicyclic) bond motifs is 6. The molecule has 0 aliphatic heterocycles. The zero-order valence-corrected chi connectivity index (χ0v) is 41.5. The first-order valence-electron chi connectivity index (χ1n) is 22.2. The van der Waals surface area contributed by atoms with Crippen molar-refractivity contribution < 1.29 is 20.1 Å². The quantitative estimate of drug-likeness (QED) is 0.112. The number of thiophene rings is 1. The smallest absolute Gasteiger partial charge is 0.0852 e. The van der Waals surface area contributed by atoms with E-state index in [4.69, 9.17) is 4.98 Å². The van der Waals surface area contributed by atoms with Crippen molar-refractivity contribution in [1.82, 2.24) is 14.5 Å². The Hall–Kier alpha value is -6.27. The number of imidazole rings is 1. The summed E-state index contributed by atoms with van der Waals surface area (Å²) >= 11 is 1.82. The summed E-state index contributed by atoms with van der Waals surface area (Å²) in [7, 11) is -1.34. The molecule has 0 N–H and O–H groups in total. The summed E-state index contributed by atoms with van der Waals surface area (Å²) in [5.41, 5.74) is 12.5. The maximum atomic E-state index is 5.46. The number of hydrogen-bond acceptors (Lipinski definition) is 3. The van der Waals surface area contributed by atoms with Gasteiger partial charge in [-0.3, -0.25) is 4.98 Å². The molecule has 6 heteroatoms. The maximum Gasteiger partial charge on any atom is 0.0852 e. The van der Waals surface area contributed by atoms with Crippen LogP contribution in [0.3, 0.4) is 0 Å². The molecule has 3 nitrogen and oxygen atoms in total. The molecule has 321 valence electrons. The molecule has 0 saturated heterocycles. The second-order valence-electron chi connectivity index (χ2n) is 17.9. The monoisotopic (exact) mass is 1050 g/mol. The van der Waals surface area contributed by atoms with E-state index < -0.39 is 8.07 Å². The van der Waals surface area contributed by atoms with Crippen LogP contribution in [0.5, 0.6) is 0 Å². The number of nitrogens with zero attached hydrogens (tertiary/aromatic N) is 3.